The van der Waals surface area contributed by atoms with Gasteiger partial charge in [-0.3, -0.25) is 9.59 Å². The number of amides is 4. The second-order valence-corrected chi connectivity index (χ2v) is 21.1. The number of carbonyl (C=O) groups is 4. The highest BCUT2D eigenvalue weighted by atomic mass is 16.5. The quantitative estimate of drug-likeness (QED) is 0.110. The lowest BCUT2D eigenvalue weighted by molar-refractivity contribution is -0.141. The number of aromatic amines is 2. The first-order valence-electron chi connectivity index (χ1n) is 25.5. The van der Waals surface area contributed by atoms with E-state index in [4.69, 9.17) is 33.7 Å². The van der Waals surface area contributed by atoms with Crippen LogP contribution in [0.25, 0.3) is 44.2 Å². The molecule has 4 amide bonds. The Morgan fingerprint density at radius 3 is 2.00 bits per heavy atom. The van der Waals surface area contributed by atoms with Crippen molar-refractivity contribution in [3.8, 4) is 28.1 Å². The molecule has 10 rings (SSSR count). The number of benzene rings is 3. The summed E-state index contributed by atoms with van der Waals surface area (Å²) < 4.78 is 28.3. The summed E-state index contributed by atoms with van der Waals surface area (Å²) in [6.45, 7) is 15.4. The number of ether oxygens (including phenoxy) is 5. The van der Waals surface area contributed by atoms with Crippen LogP contribution in [-0.2, 0) is 35.1 Å². The van der Waals surface area contributed by atoms with E-state index >= 15 is 0 Å². The summed E-state index contributed by atoms with van der Waals surface area (Å²) in [6, 6.07) is 12.4. The van der Waals surface area contributed by atoms with E-state index in [1.165, 1.54) is 14.2 Å². The number of rotatable bonds is 9. The first kappa shape index (κ1) is 48.4. The van der Waals surface area contributed by atoms with Crippen molar-refractivity contribution in [1.29, 1.82) is 0 Å². The predicted molar refractivity (Wildman–Crippen MR) is 266 cm³/mol. The molecule has 5 aromatic rings. The van der Waals surface area contributed by atoms with Gasteiger partial charge in [-0.25, -0.2) is 19.6 Å². The molecule has 0 saturated carbocycles. The number of nitrogens with one attached hydrogen (secondary N) is 4. The largest absolute Gasteiger partial charge is 0.488 e. The number of fused-ring (bicyclic) bond motifs is 6. The van der Waals surface area contributed by atoms with E-state index in [-0.39, 0.29) is 78.0 Å². The summed E-state index contributed by atoms with van der Waals surface area (Å²) in [5, 5.41) is 7.75. The van der Waals surface area contributed by atoms with Gasteiger partial charge in [-0.05, 0) is 143 Å². The topological polar surface area (TPSA) is 202 Å². The minimum absolute atomic E-state index is 0.0204. The van der Waals surface area contributed by atoms with Crippen LogP contribution >= 0.6 is 0 Å². The molecule has 7 heterocycles. The molecule has 4 fully saturated rings. The number of alkyl carbamates (subject to hydrolysis) is 2. The maximum absolute atomic E-state index is 14.7. The summed E-state index contributed by atoms with van der Waals surface area (Å²) >= 11 is 0. The van der Waals surface area contributed by atoms with Gasteiger partial charge < -0.3 is 54.1 Å². The Morgan fingerprint density at radius 1 is 0.718 bits per heavy atom. The van der Waals surface area contributed by atoms with Crippen LogP contribution in [0.15, 0.2) is 48.7 Å². The van der Waals surface area contributed by atoms with E-state index in [9.17, 15) is 19.2 Å². The second-order valence-electron chi connectivity index (χ2n) is 21.1. The molecule has 12 atom stereocenters. The first-order chi connectivity index (χ1) is 34.1. The Labute approximate surface area is 414 Å². The average molecular weight is 973 g/mol. The molecular weight excluding hydrogens is 905 g/mol. The molecule has 0 bridgehead atoms. The zero-order chi connectivity index (χ0) is 50.0. The van der Waals surface area contributed by atoms with Gasteiger partial charge in [-0.1, -0.05) is 32.0 Å². The maximum atomic E-state index is 14.7. The second kappa shape index (κ2) is 19.4. The summed E-state index contributed by atoms with van der Waals surface area (Å²) in [4.78, 5) is 75.8. The van der Waals surface area contributed by atoms with Crippen molar-refractivity contribution in [3.05, 3.63) is 65.9 Å². The van der Waals surface area contributed by atoms with Crippen LogP contribution in [0.1, 0.15) is 116 Å². The highest BCUT2D eigenvalue weighted by Crippen LogP contribution is 2.46. The van der Waals surface area contributed by atoms with Crippen molar-refractivity contribution in [2.75, 3.05) is 20.8 Å². The number of hydrogen-bond acceptors (Lipinski definition) is 11. The molecule has 0 aliphatic carbocycles. The molecule has 4 N–H and O–H groups in total. The minimum atomic E-state index is -0.763. The van der Waals surface area contributed by atoms with Gasteiger partial charge in [0.2, 0.25) is 11.8 Å². The summed E-state index contributed by atoms with van der Waals surface area (Å²) in [5.41, 5.74) is 6.55. The van der Waals surface area contributed by atoms with E-state index in [2.05, 4.69) is 84.7 Å². The molecule has 2 aromatic heterocycles. The van der Waals surface area contributed by atoms with Crippen molar-refractivity contribution < 1.29 is 42.9 Å². The summed E-state index contributed by atoms with van der Waals surface area (Å²) in [5.74, 6) is 2.11. The lowest BCUT2D eigenvalue weighted by atomic mass is 9.85. The standard InChI is InChI=1S/C54H68N8O9/c1-26-16-43(61(31(26)6)52(64)47(60-54(66)68-9)36-19-29(4)71-30(5)20-36)49-55-24-42(57-49)34-10-12-38-37(21-34)25-70-45-23-39-33(22-40(38)45)11-13-41-48(39)58-50(56-41)44-17-27(2)32(7)62(44)51(63)46(59-53(65)67-8)35-14-15-69-28(3)18-35/h10-13,21-24,26-32,35-36,43-44,46-47H,14-20,25H2,1-9H3,(H,55,57)(H,56,58)(H,59,65)(H,60,66)/t26-,27+,28-,29-,30-,31-,32+,35?,43-,44+,46+,47+/m1/s1. The van der Waals surface area contributed by atoms with E-state index in [1.54, 1.807) is 0 Å². The maximum Gasteiger partial charge on any atom is 0.407 e. The summed E-state index contributed by atoms with van der Waals surface area (Å²) in [7, 11) is 2.64. The number of H-pyrrole nitrogens is 2. The van der Waals surface area contributed by atoms with Crippen molar-refractivity contribution in [2.45, 2.75) is 148 Å². The number of aromatic nitrogens is 4. The predicted octanol–water partition coefficient (Wildman–Crippen LogP) is 8.73. The van der Waals surface area contributed by atoms with Gasteiger partial charge >= 0.3 is 12.2 Å². The number of imidazole rings is 2. The lowest BCUT2D eigenvalue weighted by Crippen LogP contribution is -2.55. The third-order valence-corrected chi connectivity index (χ3v) is 16.5. The van der Waals surface area contributed by atoms with Gasteiger partial charge in [-0.15, -0.1) is 0 Å². The molecular formula is C54H68N8O9. The molecule has 17 heteroatoms. The average Bonchev–Trinajstić information content (AvgIpc) is 4.15. The Morgan fingerprint density at radius 2 is 1.35 bits per heavy atom. The molecule has 1 unspecified atom stereocenters. The van der Waals surface area contributed by atoms with Crippen LogP contribution in [0, 0.1) is 23.7 Å². The van der Waals surface area contributed by atoms with E-state index in [0.717, 1.165) is 68.3 Å². The molecule has 378 valence electrons. The SMILES string of the molecule is COC(=O)N[C@H](C(=O)N1[C@@H](c2ncc(-c3ccc4c(c3)COc3cc5c(ccc6[nH]c([C@@H]7C[C@H](C)[C@H](C)N7C(=O)[C@@H](NC(=O)OC)C7CCO[C@H](C)C7)nc65)cc3-4)[nH]2)C[C@@H](C)[C@H]1C)C1C[C@@H](C)O[C@H](C)C1. The van der Waals surface area contributed by atoms with Crippen LogP contribution in [0.3, 0.4) is 0 Å². The van der Waals surface area contributed by atoms with Crippen molar-refractivity contribution in [1.82, 2.24) is 40.4 Å². The smallest absolute Gasteiger partial charge is 0.407 e. The molecule has 71 heavy (non-hydrogen) atoms. The zero-order valence-corrected chi connectivity index (χ0v) is 42.2. The number of nitrogens with zero attached hydrogens (tertiary/aromatic N) is 4. The van der Waals surface area contributed by atoms with Gasteiger partial charge in [0.25, 0.3) is 0 Å². The molecule has 4 saturated heterocycles. The lowest BCUT2D eigenvalue weighted by Gasteiger charge is -2.39. The van der Waals surface area contributed by atoms with E-state index < -0.39 is 24.3 Å². The molecule has 5 aliphatic rings. The number of likely N-dealkylation sites (tertiary alicyclic amines) is 2. The third kappa shape index (κ3) is 9.08. The third-order valence-electron chi connectivity index (χ3n) is 16.5. The highest BCUT2D eigenvalue weighted by Gasteiger charge is 2.48. The number of carbonyl (C=O) groups excluding carboxylic acids is 4. The summed E-state index contributed by atoms with van der Waals surface area (Å²) in [6.07, 6.45) is 4.55. The molecule has 0 radical (unpaired) electrons. The van der Waals surface area contributed by atoms with Crippen LogP contribution in [0.5, 0.6) is 5.75 Å². The Bertz CT molecular complexity index is 2830. The van der Waals surface area contributed by atoms with E-state index in [0.29, 0.717) is 50.5 Å². The molecule has 0 spiro atoms. The Kier molecular flexibility index (Phi) is 13.3. The van der Waals surface area contributed by atoms with Gasteiger partial charge in [0.15, 0.2) is 0 Å². The van der Waals surface area contributed by atoms with Gasteiger partial charge in [0, 0.05) is 29.6 Å². The van der Waals surface area contributed by atoms with Crippen LogP contribution < -0.4 is 15.4 Å². The fourth-order valence-electron chi connectivity index (χ4n) is 12.4. The normalized spacial score (nSPS) is 29.2. The van der Waals surface area contributed by atoms with Gasteiger partial charge in [-0.2, -0.15) is 0 Å². The Hall–Kier alpha value is -6.20. The number of methoxy groups -OCH3 is 2. The van der Waals surface area contributed by atoms with Gasteiger partial charge in [0.1, 0.15) is 36.1 Å². The molecule has 3 aromatic carbocycles. The molecule has 5 aliphatic heterocycles. The first-order valence-corrected chi connectivity index (χ1v) is 25.5. The van der Waals surface area contributed by atoms with Gasteiger partial charge in [0.05, 0.1) is 67.5 Å². The minimum Gasteiger partial charge on any atom is -0.488 e. The highest BCUT2D eigenvalue weighted by molar-refractivity contribution is 6.07. The van der Waals surface area contributed by atoms with Crippen molar-refractivity contribution in [2.24, 2.45) is 23.7 Å². The van der Waals surface area contributed by atoms with Crippen LogP contribution in [0.2, 0.25) is 0 Å². The Balaban J connectivity index is 0.904. The van der Waals surface area contributed by atoms with Crippen molar-refractivity contribution >= 4 is 45.8 Å². The zero-order valence-electron chi connectivity index (χ0n) is 42.2. The van der Waals surface area contributed by atoms with E-state index in [1.807, 2.05) is 42.8 Å². The fourth-order valence-corrected chi connectivity index (χ4v) is 12.4. The fraction of sp³-hybridized carbons (Fsp3) is 0.556. The number of hydrogen-bond donors (Lipinski definition) is 4. The van der Waals surface area contributed by atoms with Crippen LogP contribution in [0.4, 0.5) is 9.59 Å². The monoisotopic (exact) mass is 973 g/mol. The molecule has 17 nitrogen and oxygen atoms in total. The van der Waals surface area contributed by atoms with Crippen LogP contribution in [-0.4, -0.2) is 117 Å². The van der Waals surface area contributed by atoms with Crippen molar-refractivity contribution in [3.63, 3.8) is 0 Å².